The SMILES string of the molecule is Cc1ccccc1-n1c(Cn2cnc3c2N=CNC3N)nc2cccc(C)c2c1=O. The minimum absolute atomic E-state index is 0.0850. The molecule has 30 heavy (non-hydrogen) atoms. The largest absolute Gasteiger partial charge is 0.356 e. The molecular formula is C22H21N7O. The number of nitrogens with two attached hydrogens (primary N) is 1. The van der Waals surface area contributed by atoms with Crippen molar-refractivity contribution < 1.29 is 0 Å². The Morgan fingerprint density at radius 1 is 1.10 bits per heavy atom. The molecule has 1 unspecified atom stereocenters. The molecule has 8 heteroatoms. The van der Waals surface area contributed by atoms with Crippen LogP contribution in [0.2, 0.25) is 0 Å². The van der Waals surface area contributed by atoms with Crippen LogP contribution in [-0.2, 0) is 6.54 Å². The minimum Gasteiger partial charge on any atom is -0.356 e. The van der Waals surface area contributed by atoms with Crippen LogP contribution in [0.4, 0.5) is 5.82 Å². The molecular weight excluding hydrogens is 378 g/mol. The summed E-state index contributed by atoms with van der Waals surface area (Å²) in [6.07, 6.45) is 2.84. The fraction of sp³-hybridized carbons (Fsp3) is 0.182. The van der Waals surface area contributed by atoms with Crippen molar-refractivity contribution in [2.75, 3.05) is 0 Å². The van der Waals surface area contributed by atoms with Gasteiger partial charge in [-0.3, -0.25) is 9.36 Å². The van der Waals surface area contributed by atoms with Crippen LogP contribution in [0, 0.1) is 13.8 Å². The molecule has 0 bridgehead atoms. The van der Waals surface area contributed by atoms with Gasteiger partial charge in [0, 0.05) is 0 Å². The van der Waals surface area contributed by atoms with E-state index in [2.05, 4.69) is 15.3 Å². The highest BCUT2D eigenvalue weighted by molar-refractivity contribution is 5.81. The van der Waals surface area contributed by atoms with Gasteiger partial charge < -0.3 is 15.6 Å². The highest BCUT2D eigenvalue weighted by Gasteiger charge is 2.22. The standard InChI is InChI=1S/C22H21N7O/c1-13-6-3-4-9-16(13)29-17(27-15-8-5-7-14(2)18(15)22(29)30)10-28-12-26-19-20(23)24-11-25-21(19)28/h3-9,11-12,20H,10,23H2,1-2H3,(H,24,25). The third-order valence-corrected chi connectivity index (χ3v) is 5.42. The van der Waals surface area contributed by atoms with Gasteiger partial charge in [-0.05, 0) is 37.1 Å². The maximum atomic E-state index is 13.6. The molecule has 0 spiro atoms. The number of imidazole rings is 1. The zero-order valence-electron chi connectivity index (χ0n) is 16.7. The van der Waals surface area contributed by atoms with E-state index in [1.807, 2.05) is 60.9 Å². The van der Waals surface area contributed by atoms with Crippen molar-refractivity contribution in [1.82, 2.24) is 24.4 Å². The molecule has 1 aliphatic heterocycles. The summed E-state index contributed by atoms with van der Waals surface area (Å²) < 4.78 is 3.56. The second-order valence-corrected chi connectivity index (χ2v) is 7.41. The summed E-state index contributed by atoms with van der Waals surface area (Å²) in [4.78, 5) is 27.3. The number of nitrogens with zero attached hydrogens (tertiary/aromatic N) is 5. The molecule has 0 saturated carbocycles. The molecule has 2 aromatic heterocycles. The number of hydrogen-bond donors (Lipinski definition) is 2. The van der Waals surface area contributed by atoms with E-state index in [0.29, 0.717) is 34.8 Å². The number of aliphatic imine (C=N–C) groups is 1. The third kappa shape index (κ3) is 2.81. The first-order valence-corrected chi connectivity index (χ1v) is 9.71. The average molecular weight is 399 g/mol. The molecule has 0 aliphatic carbocycles. The summed E-state index contributed by atoms with van der Waals surface area (Å²) in [5.41, 5.74) is 10.0. The molecule has 150 valence electrons. The van der Waals surface area contributed by atoms with Crippen LogP contribution < -0.4 is 16.6 Å². The molecule has 3 heterocycles. The number of aryl methyl sites for hydroxylation is 2. The Hall–Kier alpha value is -3.78. The summed E-state index contributed by atoms with van der Waals surface area (Å²) in [6.45, 7) is 4.25. The topological polar surface area (TPSA) is 103 Å². The van der Waals surface area contributed by atoms with Crippen molar-refractivity contribution in [1.29, 1.82) is 0 Å². The molecule has 0 amide bonds. The van der Waals surface area contributed by atoms with Crippen molar-refractivity contribution >= 4 is 23.1 Å². The highest BCUT2D eigenvalue weighted by atomic mass is 16.1. The first-order chi connectivity index (χ1) is 14.5. The van der Waals surface area contributed by atoms with Crippen LogP contribution in [0.3, 0.4) is 0 Å². The van der Waals surface area contributed by atoms with Crippen LogP contribution >= 0.6 is 0 Å². The lowest BCUT2D eigenvalue weighted by molar-refractivity contribution is 0.655. The van der Waals surface area contributed by atoms with Gasteiger partial charge in [0.25, 0.3) is 5.56 Å². The fourth-order valence-electron chi connectivity index (χ4n) is 3.89. The second kappa shape index (κ2) is 6.93. The van der Waals surface area contributed by atoms with Crippen LogP contribution in [0.5, 0.6) is 0 Å². The van der Waals surface area contributed by atoms with E-state index in [0.717, 1.165) is 16.8 Å². The Bertz CT molecular complexity index is 1370. The summed E-state index contributed by atoms with van der Waals surface area (Å²) in [6, 6.07) is 13.5. The van der Waals surface area contributed by atoms with Gasteiger partial charge >= 0.3 is 0 Å². The number of hydrogen-bond acceptors (Lipinski definition) is 6. The van der Waals surface area contributed by atoms with E-state index >= 15 is 0 Å². The van der Waals surface area contributed by atoms with E-state index in [4.69, 9.17) is 10.7 Å². The van der Waals surface area contributed by atoms with E-state index in [1.54, 1.807) is 17.2 Å². The molecule has 1 aliphatic rings. The zero-order valence-corrected chi connectivity index (χ0v) is 16.7. The number of para-hydroxylation sites is 1. The molecule has 1 atom stereocenters. The van der Waals surface area contributed by atoms with Crippen LogP contribution in [-0.4, -0.2) is 25.4 Å². The predicted octanol–water partition coefficient (Wildman–Crippen LogP) is 2.47. The van der Waals surface area contributed by atoms with Crippen molar-refractivity contribution in [3.05, 3.63) is 81.8 Å². The smallest absolute Gasteiger partial charge is 0.266 e. The molecule has 8 nitrogen and oxygen atoms in total. The molecule has 0 fully saturated rings. The molecule has 0 radical (unpaired) electrons. The summed E-state index contributed by atoms with van der Waals surface area (Å²) >= 11 is 0. The quantitative estimate of drug-likeness (QED) is 0.551. The predicted molar refractivity (Wildman–Crippen MR) is 116 cm³/mol. The highest BCUT2D eigenvalue weighted by Crippen LogP contribution is 2.26. The molecule has 0 saturated heterocycles. The Balaban J connectivity index is 1.76. The summed E-state index contributed by atoms with van der Waals surface area (Å²) in [5.74, 6) is 1.27. The lowest BCUT2D eigenvalue weighted by atomic mass is 10.1. The minimum atomic E-state index is -0.412. The van der Waals surface area contributed by atoms with Crippen molar-refractivity contribution in [2.45, 2.75) is 26.6 Å². The van der Waals surface area contributed by atoms with Gasteiger partial charge in [0.2, 0.25) is 0 Å². The summed E-state index contributed by atoms with van der Waals surface area (Å²) in [5, 5.41) is 3.57. The number of benzene rings is 2. The van der Waals surface area contributed by atoms with Crippen molar-refractivity contribution in [2.24, 2.45) is 10.7 Å². The first kappa shape index (κ1) is 18.3. The van der Waals surface area contributed by atoms with E-state index in [-0.39, 0.29) is 5.56 Å². The Kier molecular flexibility index (Phi) is 4.22. The fourth-order valence-corrected chi connectivity index (χ4v) is 3.89. The Morgan fingerprint density at radius 2 is 1.90 bits per heavy atom. The number of fused-ring (bicyclic) bond motifs is 2. The summed E-state index contributed by atoms with van der Waals surface area (Å²) in [7, 11) is 0. The molecule has 4 aromatic rings. The number of rotatable bonds is 3. The van der Waals surface area contributed by atoms with Gasteiger partial charge in [-0.2, -0.15) is 0 Å². The van der Waals surface area contributed by atoms with Crippen LogP contribution in [0.15, 0.2) is 58.6 Å². The maximum Gasteiger partial charge on any atom is 0.266 e. The average Bonchev–Trinajstić information content (AvgIpc) is 3.13. The van der Waals surface area contributed by atoms with E-state index in [1.165, 1.54) is 0 Å². The lowest BCUT2D eigenvalue weighted by Crippen LogP contribution is -2.30. The van der Waals surface area contributed by atoms with Gasteiger partial charge in [0.15, 0.2) is 5.82 Å². The zero-order chi connectivity index (χ0) is 20.8. The van der Waals surface area contributed by atoms with Gasteiger partial charge in [-0.25, -0.2) is 15.0 Å². The maximum absolute atomic E-state index is 13.6. The first-order valence-electron chi connectivity index (χ1n) is 9.71. The van der Waals surface area contributed by atoms with Gasteiger partial charge in [0.05, 0.1) is 35.8 Å². The number of aromatic nitrogens is 4. The van der Waals surface area contributed by atoms with Crippen LogP contribution in [0.25, 0.3) is 16.6 Å². The normalized spacial score (nSPS) is 15.2. The van der Waals surface area contributed by atoms with Gasteiger partial charge in [0.1, 0.15) is 17.7 Å². The second-order valence-electron chi connectivity index (χ2n) is 7.41. The number of nitrogens with one attached hydrogen (secondary N) is 1. The Labute approximate surface area is 172 Å². The van der Waals surface area contributed by atoms with Gasteiger partial charge in [-0.15, -0.1) is 0 Å². The van der Waals surface area contributed by atoms with Crippen molar-refractivity contribution in [3.8, 4) is 5.69 Å². The van der Waals surface area contributed by atoms with Crippen molar-refractivity contribution in [3.63, 3.8) is 0 Å². The lowest BCUT2D eigenvalue weighted by Gasteiger charge is -2.18. The van der Waals surface area contributed by atoms with E-state index < -0.39 is 6.17 Å². The Morgan fingerprint density at radius 3 is 2.73 bits per heavy atom. The van der Waals surface area contributed by atoms with Crippen LogP contribution in [0.1, 0.15) is 28.8 Å². The molecule has 3 N–H and O–H groups in total. The third-order valence-electron chi connectivity index (χ3n) is 5.42. The molecule has 2 aromatic carbocycles. The van der Waals surface area contributed by atoms with E-state index in [9.17, 15) is 4.79 Å². The molecule has 5 rings (SSSR count). The van der Waals surface area contributed by atoms with Gasteiger partial charge in [-0.1, -0.05) is 30.3 Å². The monoisotopic (exact) mass is 399 g/mol.